The van der Waals surface area contributed by atoms with Crippen molar-refractivity contribution in [2.45, 2.75) is 26.1 Å². The zero-order chi connectivity index (χ0) is 16.9. The predicted octanol–water partition coefficient (Wildman–Crippen LogP) is 0.0593. The van der Waals surface area contributed by atoms with E-state index in [0.29, 0.717) is 11.3 Å². The van der Waals surface area contributed by atoms with Crippen molar-refractivity contribution in [3.8, 4) is 0 Å². The first kappa shape index (κ1) is 17.5. The van der Waals surface area contributed by atoms with Crippen LogP contribution >= 0.6 is 0 Å². The summed E-state index contributed by atoms with van der Waals surface area (Å²) < 4.78 is 40.6. The van der Waals surface area contributed by atoms with Gasteiger partial charge in [0.1, 0.15) is 12.1 Å². The number of nitrogens with one attached hydrogen (secondary N) is 1. The summed E-state index contributed by atoms with van der Waals surface area (Å²) in [7, 11) is 1.45. The van der Waals surface area contributed by atoms with Gasteiger partial charge in [-0.3, -0.25) is 9.59 Å². The fraction of sp³-hybridized carbons (Fsp3) is 0.417. The average molecular weight is 320 g/mol. The van der Waals surface area contributed by atoms with Crippen molar-refractivity contribution < 1.29 is 37.0 Å². The van der Waals surface area contributed by atoms with Crippen LogP contribution in [0.3, 0.4) is 0 Å². The van der Waals surface area contributed by atoms with Crippen molar-refractivity contribution in [1.82, 2.24) is 10.4 Å². The highest BCUT2D eigenvalue weighted by Gasteiger charge is 2.42. The van der Waals surface area contributed by atoms with E-state index < -0.39 is 24.5 Å². The van der Waals surface area contributed by atoms with Gasteiger partial charge < -0.3 is 10.1 Å². The Balaban J connectivity index is 2.62. The number of carbonyl (C=O) groups excluding carboxylic acids is 3. The molecule has 0 aromatic carbocycles. The normalized spacial score (nSPS) is 11.0. The minimum atomic E-state index is -5.22. The zero-order valence-electron chi connectivity index (χ0n) is 11.7. The van der Waals surface area contributed by atoms with E-state index in [1.54, 1.807) is 6.92 Å². The monoisotopic (exact) mass is 320 g/mol. The molecule has 1 aromatic rings. The molecule has 22 heavy (non-hydrogen) atoms. The van der Waals surface area contributed by atoms with Crippen LogP contribution in [0, 0.1) is 6.92 Å². The van der Waals surface area contributed by atoms with Crippen LogP contribution in [0.1, 0.15) is 22.5 Å². The van der Waals surface area contributed by atoms with Crippen LogP contribution in [-0.2, 0) is 20.9 Å². The second-order valence-corrected chi connectivity index (χ2v) is 4.17. The van der Waals surface area contributed by atoms with Crippen molar-refractivity contribution >= 4 is 17.8 Å². The lowest BCUT2D eigenvalue weighted by Crippen LogP contribution is -2.41. The third-order valence-electron chi connectivity index (χ3n) is 2.54. The number of carbonyl (C=O) groups is 3. The summed E-state index contributed by atoms with van der Waals surface area (Å²) in [6, 6.07) is 1.45. The molecule has 0 aliphatic carbocycles. The number of aryl methyl sites for hydroxylation is 2. The van der Waals surface area contributed by atoms with E-state index in [1.807, 2.05) is 0 Å². The maximum Gasteiger partial charge on any atom is 0.491 e. The van der Waals surface area contributed by atoms with Crippen molar-refractivity contribution in [2.75, 3.05) is 7.05 Å². The molecule has 1 amide bonds. The molecule has 7 nitrogen and oxygen atoms in total. The quantitative estimate of drug-likeness (QED) is 0.481. The first-order valence-electron chi connectivity index (χ1n) is 6.06. The maximum absolute atomic E-state index is 11.9. The highest BCUT2D eigenvalue weighted by molar-refractivity contribution is 5.94. The Bertz CT molecular complexity index is 602. The fourth-order valence-electron chi connectivity index (χ4n) is 1.48. The van der Waals surface area contributed by atoms with Gasteiger partial charge in [-0.1, -0.05) is 4.68 Å². The molecule has 1 heterocycles. The summed E-state index contributed by atoms with van der Waals surface area (Å²) in [6.07, 6.45) is -4.30. The molecule has 0 saturated heterocycles. The Morgan fingerprint density at radius 2 is 2.00 bits per heavy atom. The molecule has 1 N–H and O–H groups in total. The number of hydrogen-bond donors (Lipinski definition) is 1. The second-order valence-electron chi connectivity index (χ2n) is 4.17. The number of nitrogens with zero attached hydrogens (tertiary/aromatic N) is 2. The summed E-state index contributed by atoms with van der Waals surface area (Å²) in [5, 5.41) is 6.40. The fourth-order valence-corrected chi connectivity index (χ4v) is 1.48. The summed E-state index contributed by atoms with van der Waals surface area (Å²) in [5.41, 5.74) is 0.704. The van der Waals surface area contributed by atoms with Gasteiger partial charge in [0.25, 0.3) is 5.91 Å². The van der Waals surface area contributed by atoms with Gasteiger partial charge in [-0.05, 0) is 12.0 Å². The Kier molecular flexibility index (Phi) is 5.55. The van der Waals surface area contributed by atoms with Crippen LogP contribution in [-0.4, -0.2) is 36.2 Å². The van der Waals surface area contributed by atoms with Gasteiger partial charge in [-0.15, -0.1) is 0 Å². The molecule has 0 fully saturated rings. The number of alkyl halides is 3. The summed E-state index contributed by atoms with van der Waals surface area (Å²) in [5.74, 6) is -4.21. The van der Waals surface area contributed by atoms with Gasteiger partial charge in [-0.2, -0.15) is 13.2 Å². The van der Waals surface area contributed by atoms with Crippen molar-refractivity contribution in [3.05, 3.63) is 23.5 Å². The topological polar surface area (TPSA) is 89.2 Å². The van der Waals surface area contributed by atoms with E-state index in [4.69, 9.17) is 0 Å². The lowest BCUT2D eigenvalue weighted by molar-refractivity contribution is -0.753. The molecule has 0 bridgehead atoms. The number of esters is 2. The number of halogens is 3. The molecule has 10 heteroatoms. The molecule has 120 valence electrons. The molecule has 0 radical (unpaired) electrons. The standard InChI is InChI=1S/C12H12F3N3O4/c1-7-8(10(20)16-2)3-5-18(17-7)6-4-9(19)22-11(21)12(13,14)15/h3,5H,4,6H2,1-2H3/p+1. The van der Waals surface area contributed by atoms with Gasteiger partial charge in [0, 0.05) is 13.1 Å². The number of rotatable bonds is 4. The second kappa shape index (κ2) is 6.96. The summed E-state index contributed by atoms with van der Waals surface area (Å²) in [6.45, 7) is 1.46. The van der Waals surface area contributed by atoms with Crippen molar-refractivity contribution in [3.63, 3.8) is 0 Å². The van der Waals surface area contributed by atoms with Gasteiger partial charge in [0.15, 0.2) is 12.7 Å². The molecular formula is C12H13F3N3O4+. The number of amides is 1. The molecule has 0 saturated carbocycles. The molecule has 1 rings (SSSR count). The van der Waals surface area contributed by atoms with Crippen molar-refractivity contribution in [2.24, 2.45) is 0 Å². The number of ether oxygens (including phenoxy) is 1. The number of hydrogen-bond acceptors (Lipinski definition) is 5. The molecule has 0 spiro atoms. The van der Waals surface area contributed by atoms with Crippen LogP contribution in [0.4, 0.5) is 13.2 Å². The van der Waals surface area contributed by atoms with Gasteiger partial charge in [0.2, 0.25) is 0 Å². The average Bonchev–Trinajstić information content (AvgIpc) is 2.43. The molecule has 0 aliphatic heterocycles. The van der Waals surface area contributed by atoms with Gasteiger partial charge in [-0.25, -0.2) is 4.79 Å². The predicted molar refractivity (Wildman–Crippen MR) is 64.3 cm³/mol. The number of aromatic nitrogens is 2. The van der Waals surface area contributed by atoms with Gasteiger partial charge in [0.05, 0.1) is 5.56 Å². The molecule has 1 aromatic heterocycles. The van der Waals surface area contributed by atoms with E-state index in [2.05, 4.69) is 15.2 Å². The smallest absolute Gasteiger partial charge is 0.386 e. The van der Waals surface area contributed by atoms with E-state index in [0.717, 1.165) is 0 Å². The Labute approximate surface area is 123 Å². The first-order valence-corrected chi connectivity index (χ1v) is 6.06. The van der Waals surface area contributed by atoms with Crippen molar-refractivity contribution in [1.29, 1.82) is 0 Å². The third-order valence-corrected chi connectivity index (χ3v) is 2.54. The van der Waals surface area contributed by atoms with E-state index >= 15 is 0 Å². The molecular weight excluding hydrogens is 307 g/mol. The van der Waals surface area contributed by atoms with E-state index in [9.17, 15) is 27.6 Å². The zero-order valence-corrected chi connectivity index (χ0v) is 11.7. The van der Waals surface area contributed by atoms with Crippen LogP contribution in [0.2, 0.25) is 0 Å². The Morgan fingerprint density at radius 3 is 2.50 bits per heavy atom. The Morgan fingerprint density at radius 1 is 1.36 bits per heavy atom. The van der Waals surface area contributed by atoms with Crippen LogP contribution in [0.5, 0.6) is 0 Å². The van der Waals surface area contributed by atoms with Crippen LogP contribution in [0.25, 0.3) is 0 Å². The van der Waals surface area contributed by atoms with Gasteiger partial charge >= 0.3 is 18.1 Å². The molecule has 0 unspecified atom stereocenters. The Hall–Kier alpha value is -2.52. The SMILES string of the molecule is CNC(=O)c1cc[n+](CCC(=O)OC(=O)C(F)(F)F)nc1C. The largest absolute Gasteiger partial charge is 0.491 e. The van der Waals surface area contributed by atoms with E-state index in [-0.39, 0.29) is 12.5 Å². The lowest BCUT2D eigenvalue weighted by Gasteiger charge is -2.04. The summed E-state index contributed by atoms with van der Waals surface area (Å²) in [4.78, 5) is 33.0. The van der Waals surface area contributed by atoms with Crippen LogP contribution in [0.15, 0.2) is 12.3 Å². The third kappa shape index (κ3) is 4.79. The molecule has 0 atom stereocenters. The minimum absolute atomic E-state index is 0.0984. The first-order chi connectivity index (χ1) is 10.1. The highest BCUT2D eigenvalue weighted by Crippen LogP contribution is 2.16. The highest BCUT2D eigenvalue weighted by atomic mass is 19.4. The maximum atomic E-state index is 11.9. The van der Waals surface area contributed by atoms with E-state index in [1.165, 1.54) is 24.0 Å². The van der Waals surface area contributed by atoms with Crippen LogP contribution < -0.4 is 10.00 Å². The molecule has 0 aliphatic rings. The lowest BCUT2D eigenvalue weighted by atomic mass is 10.2. The minimum Gasteiger partial charge on any atom is -0.386 e. The summed E-state index contributed by atoms with van der Waals surface area (Å²) >= 11 is 0.